The Kier molecular flexibility index (Phi) is 2.73. The van der Waals surface area contributed by atoms with Gasteiger partial charge in [-0.25, -0.2) is 0 Å². The van der Waals surface area contributed by atoms with E-state index in [1.165, 1.54) is 0 Å². The van der Waals surface area contributed by atoms with E-state index in [2.05, 4.69) is 0 Å². The first-order valence-corrected chi connectivity index (χ1v) is 4.39. The van der Waals surface area contributed by atoms with Gasteiger partial charge < -0.3 is 9.47 Å². The average molecular weight is 172 g/mol. The fourth-order valence-corrected chi connectivity index (χ4v) is 1.48. The fraction of sp³-hybridized carbons (Fsp3) is 0.889. The van der Waals surface area contributed by atoms with Gasteiger partial charge in [0, 0.05) is 13.0 Å². The molecule has 0 saturated carbocycles. The largest absolute Gasteiger partial charge is 0.459 e. The summed E-state index contributed by atoms with van der Waals surface area (Å²) in [6.45, 7) is 6.51. The van der Waals surface area contributed by atoms with Crippen molar-refractivity contribution in [2.24, 2.45) is 0 Å². The molecule has 0 N–H and O–H groups in total. The molecule has 1 fully saturated rings. The number of cyclic esters (lactones) is 1. The van der Waals surface area contributed by atoms with Crippen molar-refractivity contribution in [1.29, 1.82) is 0 Å². The molecular formula is C9H16O3. The molecule has 0 aromatic heterocycles. The highest BCUT2D eigenvalue weighted by molar-refractivity contribution is 5.71. The van der Waals surface area contributed by atoms with Crippen LogP contribution in [0.1, 0.15) is 33.6 Å². The van der Waals surface area contributed by atoms with Crippen molar-refractivity contribution in [3.63, 3.8) is 0 Å². The molecule has 0 spiro atoms. The van der Waals surface area contributed by atoms with Gasteiger partial charge in [0.05, 0.1) is 5.60 Å². The quantitative estimate of drug-likeness (QED) is 0.605. The standard InChI is InChI=1S/C9H16O3/c1-4-11-9(2,3)7-5-6-8(10)12-7/h7H,4-6H2,1-3H3. The normalized spacial score (nSPS) is 24.2. The lowest BCUT2D eigenvalue weighted by Crippen LogP contribution is -2.38. The molecule has 1 aliphatic rings. The van der Waals surface area contributed by atoms with Gasteiger partial charge >= 0.3 is 5.97 Å². The van der Waals surface area contributed by atoms with E-state index < -0.39 is 0 Å². The lowest BCUT2D eigenvalue weighted by Gasteiger charge is -2.29. The summed E-state index contributed by atoms with van der Waals surface area (Å²) in [4.78, 5) is 10.8. The topological polar surface area (TPSA) is 35.5 Å². The average Bonchev–Trinajstić information content (AvgIpc) is 2.36. The number of carbonyl (C=O) groups is 1. The van der Waals surface area contributed by atoms with Crippen molar-refractivity contribution >= 4 is 5.97 Å². The van der Waals surface area contributed by atoms with Gasteiger partial charge in [-0.1, -0.05) is 0 Å². The summed E-state index contributed by atoms with van der Waals surface area (Å²) in [5.41, 5.74) is -0.332. The molecule has 1 atom stereocenters. The Morgan fingerprint density at radius 1 is 1.67 bits per heavy atom. The molecule has 0 amide bonds. The van der Waals surface area contributed by atoms with Gasteiger partial charge in [-0.05, 0) is 27.2 Å². The summed E-state index contributed by atoms with van der Waals surface area (Å²) in [6, 6.07) is 0. The molecule has 1 aliphatic heterocycles. The molecule has 3 nitrogen and oxygen atoms in total. The van der Waals surface area contributed by atoms with Crippen LogP contribution in [0.3, 0.4) is 0 Å². The van der Waals surface area contributed by atoms with Crippen LogP contribution in [-0.2, 0) is 14.3 Å². The lowest BCUT2D eigenvalue weighted by molar-refractivity contribution is -0.155. The SMILES string of the molecule is CCOC(C)(C)C1CCC(=O)O1. The van der Waals surface area contributed by atoms with E-state index in [4.69, 9.17) is 9.47 Å². The first-order valence-electron chi connectivity index (χ1n) is 4.39. The second kappa shape index (κ2) is 3.44. The van der Waals surface area contributed by atoms with Crippen molar-refractivity contribution in [2.45, 2.75) is 45.3 Å². The molecule has 1 heterocycles. The van der Waals surface area contributed by atoms with Crippen LogP contribution in [0.15, 0.2) is 0 Å². The number of ether oxygens (including phenoxy) is 2. The first-order chi connectivity index (χ1) is 5.56. The highest BCUT2D eigenvalue weighted by Gasteiger charge is 2.37. The Morgan fingerprint density at radius 3 is 2.75 bits per heavy atom. The Labute approximate surface area is 73.0 Å². The van der Waals surface area contributed by atoms with E-state index >= 15 is 0 Å². The number of esters is 1. The summed E-state index contributed by atoms with van der Waals surface area (Å²) in [5.74, 6) is -0.104. The highest BCUT2D eigenvalue weighted by atomic mass is 16.6. The zero-order chi connectivity index (χ0) is 9.19. The van der Waals surface area contributed by atoms with Crippen LogP contribution in [0, 0.1) is 0 Å². The predicted molar refractivity (Wildman–Crippen MR) is 44.8 cm³/mol. The third-order valence-corrected chi connectivity index (χ3v) is 2.18. The van der Waals surface area contributed by atoms with Crippen LogP contribution in [0.4, 0.5) is 0 Å². The molecule has 0 aliphatic carbocycles. The van der Waals surface area contributed by atoms with Crippen molar-refractivity contribution in [3.8, 4) is 0 Å². The molecule has 70 valence electrons. The van der Waals surface area contributed by atoms with E-state index in [-0.39, 0.29) is 17.7 Å². The summed E-state index contributed by atoms with van der Waals surface area (Å²) in [6.07, 6.45) is 1.25. The summed E-state index contributed by atoms with van der Waals surface area (Å²) in [5, 5.41) is 0. The Balaban J connectivity index is 2.51. The van der Waals surface area contributed by atoms with Crippen molar-refractivity contribution in [3.05, 3.63) is 0 Å². The number of carbonyl (C=O) groups excluding carboxylic acids is 1. The Hall–Kier alpha value is -0.570. The molecule has 0 aromatic carbocycles. The van der Waals surface area contributed by atoms with E-state index in [0.717, 1.165) is 6.42 Å². The molecule has 3 heteroatoms. The zero-order valence-corrected chi connectivity index (χ0v) is 7.92. The van der Waals surface area contributed by atoms with Crippen LogP contribution in [0.2, 0.25) is 0 Å². The molecule has 0 radical (unpaired) electrons. The maximum absolute atomic E-state index is 10.8. The van der Waals surface area contributed by atoms with Crippen LogP contribution < -0.4 is 0 Å². The van der Waals surface area contributed by atoms with E-state index in [0.29, 0.717) is 13.0 Å². The van der Waals surface area contributed by atoms with Gasteiger partial charge in [0.1, 0.15) is 6.10 Å². The molecule has 0 bridgehead atoms. The summed E-state index contributed by atoms with van der Waals surface area (Å²) < 4.78 is 10.6. The first kappa shape index (κ1) is 9.52. The minimum atomic E-state index is -0.332. The number of hydrogen-bond acceptors (Lipinski definition) is 3. The molecule has 1 saturated heterocycles. The molecule has 1 unspecified atom stereocenters. The molecular weight excluding hydrogens is 156 g/mol. The maximum Gasteiger partial charge on any atom is 0.306 e. The predicted octanol–water partition coefficient (Wildman–Crippen LogP) is 1.51. The second-order valence-electron chi connectivity index (χ2n) is 3.55. The summed E-state index contributed by atoms with van der Waals surface area (Å²) in [7, 11) is 0. The van der Waals surface area contributed by atoms with Gasteiger partial charge in [-0.3, -0.25) is 4.79 Å². The maximum atomic E-state index is 10.8. The second-order valence-corrected chi connectivity index (χ2v) is 3.55. The van der Waals surface area contributed by atoms with Crippen LogP contribution in [0.5, 0.6) is 0 Å². The third kappa shape index (κ3) is 1.97. The van der Waals surface area contributed by atoms with Crippen molar-refractivity contribution in [2.75, 3.05) is 6.61 Å². The van der Waals surface area contributed by atoms with Gasteiger partial charge in [-0.2, -0.15) is 0 Å². The molecule has 0 aromatic rings. The van der Waals surface area contributed by atoms with Crippen LogP contribution >= 0.6 is 0 Å². The van der Waals surface area contributed by atoms with Crippen molar-refractivity contribution in [1.82, 2.24) is 0 Å². The zero-order valence-electron chi connectivity index (χ0n) is 7.92. The van der Waals surface area contributed by atoms with Gasteiger partial charge in [-0.15, -0.1) is 0 Å². The van der Waals surface area contributed by atoms with E-state index in [1.54, 1.807) is 0 Å². The van der Waals surface area contributed by atoms with E-state index in [1.807, 2.05) is 20.8 Å². The minimum absolute atomic E-state index is 0.0649. The monoisotopic (exact) mass is 172 g/mol. The molecule has 12 heavy (non-hydrogen) atoms. The Morgan fingerprint density at radius 2 is 2.33 bits per heavy atom. The Bertz CT molecular complexity index is 175. The lowest BCUT2D eigenvalue weighted by atomic mass is 9.99. The van der Waals surface area contributed by atoms with Crippen molar-refractivity contribution < 1.29 is 14.3 Å². The minimum Gasteiger partial charge on any atom is -0.459 e. The van der Waals surface area contributed by atoms with Crippen LogP contribution in [0.25, 0.3) is 0 Å². The molecule has 1 rings (SSSR count). The summed E-state index contributed by atoms with van der Waals surface area (Å²) >= 11 is 0. The number of hydrogen-bond donors (Lipinski definition) is 0. The van der Waals surface area contributed by atoms with Gasteiger partial charge in [0.15, 0.2) is 0 Å². The van der Waals surface area contributed by atoms with E-state index in [9.17, 15) is 4.79 Å². The fourth-order valence-electron chi connectivity index (χ4n) is 1.48. The smallest absolute Gasteiger partial charge is 0.306 e. The van der Waals surface area contributed by atoms with Gasteiger partial charge in [0.2, 0.25) is 0 Å². The highest BCUT2D eigenvalue weighted by Crippen LogP contribution is 2.27. The van der Waals surface area contributed by atoms with Gasteiger partial charge in [0.25, 0.3) is 0 Å². The third-order valence-electron chi connectivity index (χ3n) is 2.18. The number of rotatable bonds is 3. The van der Waals surface area contributed by atoms with Crippen LogP contribution in [-0.4, -0.2) is 24.3 Å².